The summed E-state index contributed by atoms with van der Waals surface area (Å²) in [7, 11) is 0. The molecule has 1 heterocycles. The van der Waals surface area contributed by atoms with Crippen molar-refractivity contribution in [3.05, 3.63) is 30.3 Å². The fourth-order valence-electron chi connectivity index (χ4n) is 2.55. The Morgan fingerprint density at radius 1 is 1.08 bits per heavy atom. The SMILES string of the molecule is CCOC(=O)N1CCN(C(=O)[C@H](C)NC(=O)Nc2ccccc2)CC1. The van der Waals surface area contributed by atoms with E-state index < -0.39 is 12.1 Å². The van der Waals surface area contributed by atoms with Crippen LogP contribution in [0, 0.1) is 0 Å². The van der Waals surface area contributed by atoms with Crippen molar-refractivity contribution in [2.45, 2.75) is 19.9 Å². The zero-order chi connectivity index (χ0) is 18.2. The number of amides is 4. The lowest BCUT2D eigenvalue weighted by Gasteiger charge is -2.35. The first kappa shape index (κ1) is 18.6. The molecule has 8 heteroatoms. The number of ether oxygens (including phenoxy) is 1. The quantitative estimate of drug-likeness (QED) is 0.863. The Labute approximate surface area is 147 Å². The van der Waals surface area contributed by atoms with Crippen LogP contribution in [0.15, 0.2) is 30.3 Å². The third-order valence-corrected chi connectivity index (χ3v) is 3.87. The van der Waals surface area contributed by atoms with Crippen molar-refractivity contribution in [3.8, 4) is 0 Å². The topological polar surface area (TPSA) is 91.0 Å². The van der Waals surface area contributed by atoms with Gasteiger partial charge in [-0.3, -0.25) is 4.79 Å². The van der Waals surface area contributed by atoms with Gasteiger partial charge < -0.3 is 25.2 Å². The standard InChI is InChI=1S/C17H24N4O4/c1-3-25-17(24)21-11-9-20(10-12-21)15(22)13(2)18-16(23)19-14-7-5-4-6-8-14/h4-8,13H,3,9-12H2,1-2H3,(H2,18,19,23)/t13-/m0/s1. The average Bonchev–Trinajstić information content (AvgIpc) is 2.62. The number of urea groups is 1. The van der Waals surface area contributed by atoms with Crippen LogP contribution in [0.2, 0.25) is 0 Å². The van der Waals surface area contributed by atoms with Crippen molar-refractivity contribution in [1.29, 1.82) is 0 Å². The van der Waals surface area contributed by atoms with Gasteiger partial charge in [-0.15, -0.1) is 0 Å². The molecular weight excluding hydrogens is 324 g/mol. The first-order valence-electron chi connectivity index (χ1n) is 8.34. The van der Waals surface area contributed by atoms with Gasteiger partial charge in [-0.05, 0) is 26.0 Å². The third-order valence-electron chi connectivity index (χ3n) is 3.87. The van der Waals surface area contributed by atoms with Gasteiger partial charge in [0.05, 0.1) is 6.61 Å². The lowest BCUT2D eigenvalue weighted by molar-refractivity contribution is -0.134. The average molecular weight is 348 g/mol. The Bertz CT molecular complexity index is 600. The summed E-state index contributed by atoms with van der Waals surface area (Å²) in [6.45, 7) is 5.42. The second-order valence-corrected chi connectivity index (χ2v) is 5.70. The predicted molar refractivity (Wildman–Crippen MR) is 93.2 cm³/mol. The number of carbonyl (C=O) groups is 3. The normalized spacial score (nSPS) is 15.3. The van der Waals surface area contributed by atoms with E-state index in [0.29, 0.717) is 38.5 Å². The number of hydrogen-bond donors (Lipinski definition) is 2. The van der Waals surface area contributed by atoms with E-state index in [4.69, 9.17) is 4.74 Å². The van der Waals surface area contributed by atoms with Crippen molar-refractivity contribution in [1.82, 2.24) is 15.1 Å². The van der Waals surface area contributed by atoms with E-state index in [1.165, 1.54) is 0 Å². The molecule has 25 heavy (non-hydrogen) atoms. The van der Waals surface area contributed by atoms with Crippen molar-refractivity contribution in [2.75, 3.05) is 38.1 Å². The smallest absolute Gasteiger partial charge is 0.409 e. The first-order chi connectivity index (χ1) is 12.0. The zero-order valence-corrected chi connectivity index (χ0v) is 14.5. The van der Waals surface area contributed by atoms with Gasteiger partial charge in [0.25, 0.3) is 0 Å². The number of rotatable bonds is 4. The molecule has 1 fully saturated rings. The van der Waals surface area contributed by atoms with Gasteiger partial charge in [0, 0.05) is 31.9 Å². The molecule has 0 spiro atoms. The van der Waals surface area contributed by atoms with Crippen LogP contribution >= 0.6 is 0 Å². The highest BCUT2D eigenvalue weighted by Gasteiger charge is 2.28. The summed E-state index contributed by atoms with van der Waals surface area (Å²) in [5.74, 6) is -0.174. The number of benzene rings is 1. The number of anilines is 1. The van der Waals surface area contributed by atoms with Gasteiger partial charge in [0.1, 0.15) is 6.04 Å². The molecule has 0 saturated carbocycles. The van der Waals surface area contributed by atoms with E-state index >= 15 is 0 Å². The molecule has 4 amide bonds. The molecular formula is C17H24N4O4. The van der Waals surface area contributed by atoms with Crippen LogP contribution in [0.5, 0.6) is 0 Å². The fourth-order valence-corrected chi connectivity index (χ4v) is 2.55. The molecule has 8 nitrogen and oxygen atoms in total. The summed E-state index contributed by atoms with van der Waals surface area (Å²) in [5, 5.41) is 5.31. The Balaban J connectivity index is 1.78. The molecule has 0 bridgehead atoms. The van der Waals surface area contributed by atoms with Crippen LogP contribution in [-0.4, -0.2) is 66.7 Å². The van der Waals surface area contributed by atoms with E-state index in [-0.39, 0.29) is 12.0 Å². The lowest BCUT2D eigenvalue weighted by Crippen LogP contribution is -2.55. The van der Waals surface area contributed by atoms with E-state index in [2.05, 4.69) is 10.6 Å². The molecule has 1 saturated heterocycles. The molecule has 1 atom stereocenters. The van der Waals surface area contributed by atoms with Crippen LogP contribution in [0.3, 0.4) is 0 Å². The molecule has 0 aliphatic carbocycles. The molecule has 0 aromatic heterocycles. The maximum atomic E-state index is 12.4. The van der Waals surface area contributed by atoms with Gasteiger partial charge in [0.2, 0.25) is 5.91 Å². The van der Waals surface area contributed by atoms with Crippen LogP contribution in [0.4, 0.5) is 15.3 Å². The van der Waals surface area contributed by atoms with Crippen LogP contribution < -0.4 is 10.6 Å². The minimum Gasteiger partial charge on any atom is -0.450 e. The molecule has 2 rings (SSSR count). The van der Waals surface area contributed by atoms with Crippen molar-refractivity contribution in [2.24, 2.45) is 0 Å². The second-order valence-electron chi connectivity index (χ2n) is 5.70. The summed E-state index contributed by atoms with van der Waals surface area (Å²) in [4.78, 5) is 39.3. The van der Waals surface area contributed by atoms with Crippen molar-refractivity contribution in [3.63, 3.8) is 0 Å². The minimum absolute atomic E-state index is 0.174. The Morgan fingerprint density at radius 3 is 2.28 bits per heavy atom. The van der Waals surface area contributed by atoms with Crippen molar-refractivity contribution < 1.29 is 19.1 Å². The Kier molecular flexibility index (Phi) is 6.62. The number of para-hydroxylation sites is 1. The largest absolute Gasteiger partial charge is 0.450 e. The van der Waals surface area contributed by atoms with Gasteiger partial charge in [-0.25, -0.2) is 9.59 Å². The predicted octanol–water partition coefficient (Wildman–Crippen LogP) is 1.50. The molecule has 1 aromatic rings. The van der Waals surface area contributed by atoms with Crippen LogP contribution in [-0.2, 0) is 9.53 Å². The summed E-state index contributed by atoms with van der Waals surface area (Å²) in [6.07, 6.45) is -0.358. The lowest BCUT2D eigenvalue weighted by atomic mass is 10.2. The third kappa shape index (κ3) is 5.37. The maximum absolute atomic E-state index is 12.4. The molecule has 2 N–H and O–H groups in total. The van der Waals surface area contributed by atoms with Crippen molar-refractivity contribution >= 4 is 23.7 Å². The minimum atomic E-state index is -0.655. The monoisotopic (exact) mass is 348 g/mol. The first-order valence-corrected chi connectivity index (χ1v) is 8.34. The van der Waals surface area contributed by atoms with E-state index in [0.717, 1.165) is 0 Å². The number of nitrogens with zero attached hydrogens (tertiary/aromatic N) is 2. The highest BCUT2D eigenvalue weighted by atomic mass is 16.6. The van der Waals surface area contributed by atoms with Crippen LogP contribution in [0.25, 0.3) is 0 Å². The highest BCUT2D eigenvalue weighted by Crippen LogP contribution is 2.07. The number of piperazine rings is 1. The summed E-state index contributed by atoms with van der Waals surface area (Å²) in [6, 6.07) is 7.92. The molecule has 136 valence electrons. The number of carbonyl (C=O) groups excluding carboxylic acids is 3. The van der Waals surface area contributed by atoms with E-state index in [9.17, 15) is 14.4 Å². The van der Waals surface area contributed by atoms with Gasteiger partial charge in [-0.1, -0.05) is 18.2 Å². The fraction of sp³-hybridized carbons (Fsp3) is 0.471. The second kappa shape index (κ2) is 8.91. The van der Waals surface area contributed by atoms with E-state index in [1.54, 1.807) is 35.8 Å². The Morgan fingerprint density at radius 2 is 1.68 bits per heavy atom. The van der Waals surface area contributed by atoms with Gasteiger partial charge in [0.15, 0.2) is 0 Å². The summed E-state index contributed by atoms with van der Waals surface area (Å²) in [5.41, 5.74) is 0.655. The summed E-state index contributed by atoms with van der Waals surface area (Å²) >= 11 is 0. The molecule has 1 aliphatic heterocycles. The molecule has 0 unspecified atom stereocenters. The molecule has 0 radical (unpaired) electrons. The molecule has 1 aromatic carbocycles. The van der Waals surface area contributed by atoms with E-state index in [1.807, 2.05) is 18.2 Å². The van der Waals surface area contributed by atoms with Gasteiger partial charge in [-0.2, -0.15) is 0 Å². The zero-order valence-electron chi connectivity index (χ0n) is 14.5. The number of hydrogen-bond acceptors (Lipinski definition) is 4. The molecule has 1 aliphatic rings. The number of nitrogens with one attached hydrogen (secondary N) is 2. The van der Waals surface area contributed by atoms with Crippen LogP contribution in [0.1, 0.15) is 13.8 Å². The van der Waals surface area contributed by atoms with Gasteiger partial charge >= 0.3 is 12.1 Å². The maximum Gasteiger partial charge on any atom is 0.409 e. The Hall–Kier alpha value is -2.77. The summed E-state index contributed by atoms with van der Waals surface area (Å²) < 4.78 is 4.95. The highest BCUT2D eigenvalue weighted by molar-refractivity contribution is 5.93.